The van der Waals surface area contributed by atoms with Crippen molar-refractivity contribution < 1.29 is 19.1 Å². The molecule has 0 fully saturated rings. The molecule has 0 saturated heterocycles. The van der Waals surface area contributed by atoms with Crippen molar-refractivity contribution in [1.29, 1.82) is 0 Å². The normalized spacial score (nSPS) is 14.0. The van der Waals surface area contributed by atoms with Crippen molar-refractivity contribution in [3.05, 3.63) is 87.0 Å². The van der Waals surface area contributed by atoms with Crippen molar-refractivity contribution in [2.75, 3.05) is 19.5 Å². The van der Waals surface area contributed by atoms with Crippen LogP contribution in [0, 0.1) is 0 Å². The number of ether oxygens (including phenoxy) is 2. The summed E-state index contributed by atoms with van der Waals surface area (Å²) in [4.78, 5) is 30.4. The van der Waals surface area contributed by atoms with Crippen molar-refractivity contribution in [2.24, 2.45) is 0 Å². The van der Waals surface area contributed by atoms with Crippen LogP contribution in [0.3, 0.4) is 0 Å². The van der Waals surface area contributed by atoms with Crippen LogP contribution >= 0.6 is 22.9 Å². The van der Waals surface area contributed by atoms with Gasteiger partial charge in [-0.05, 0) is 37.6 Å². The Morgan fingerprint density at radius 3 is 2.17 bits per heavy atom. The Balaban J connectivity index is 1.77. The summed E-state index contributed by atoms with van der Waals surface area (Å²) >= 11 is 7.45. The lowest BCUT2D eigenvalue weighted by Crippen LogP contribution is -2.32. The summed E-state index contributed by atoms with van der Waals surface area (Å²) in [5.41, 5.74) is 5.09. The average Bonchev–Trinajstić information content (AvgIpc) is 3.32. The summed E-state index contributed by atoms with van der Waals surface area (Å²) < 4.78 is 10.2. The fourth-order valence-electron chi connectivity index (χ4n) is 4.13. The number of methoxy groups -OCH3 is 2. The van der Waals surface area contributed by atoms with E-state index >= 15 is 0 Å². The van der Waals surface area contributed by atoms with Crippen molar-refractivity contribution >= 4 is 45.7 Å². The first-order valence-electron chi connectivity index (χ1n) is 10.8. The van der Waals surface area contributed by atoms with Crippen LogP contribution in [0.15, 0.2) is 76.5 Å². The zero-order chi connectivity index (χ0) is 25.1. The second kappa shape index (κ2) is 10.3. The molecule has 2 N–H and O–H groups in total. The maximum atomic E-state index is 12.8. The van der Waals surface area contributed by atoms with E-state index in [9.17, 15) is 9.59 Å². The molecule has 0 atom stereocenters. The number of rotatable bonds is 6. The molecular formula is C26H24ClN3O4S. The molecule has 0 saturated carbocycles. The number of para-hydroxylation sites is 1. The number of esters is 2. The van der Waals surface area contributed by atoms with Crippen molar-refractivity contribution in [3.63, 3.8) is 0 Å². The van der Waals surface area contributed by atoms with Crippen LogP contribution in [0.4, 0.5) is 10.8 Å². The summed E-state index contributed by atoms with van der Waals surface area (Å²) in [5, 5.41) is 9.76. The summed E-state index contributed by atoms with van der Waals surface area (Å²) in [7, 11) is 2.64. The molecule has 7 nitrogen and oxygen atoms in total. The highest BCUT2D eigenvalue weighted by atomic mass is 35.5. The molecule has 0 unspecified atom stereocenters. The first-order valence-corrected chi connectivity index (χ1v) is 12.0. The van der Waals surface area contributed by atoms with Crippen LogP contribution in [0.5, 0.6) is 0 Å². The highest BCUT2D eigenvalue weighted by Gasteiger charge is 2.38. The molecule has 3 aromatic rings. The van der Waals surface area contributed by atoms with Gasteiger partial charge in [0, 0.05) is 33.0 Å². The van der Waals surface area contributed by atoms with E-state index in [1.807, 2.05) is 53.9 Å². The lowest BCUT2D eigenvalue weighted by Gasteiger charge is -2.31. The van der Waals surface area contributed by atoms with Gasteiger partial charge in [0.1, 0.15) is 0 Å². The van der Waals surface area contributed by atoms with Crippen LogP contribution < -0.4 is 10.6 Å². The molecule has 9 heteroatoms. The number of benzene rings is 2. The Morgan fingerprint density at radius 1 is 0.971 bits per heavy atom. The quantitative estimate of drug-likeness (QED) is 0.406. The van der Waals surface area contributed by atoms with E-state index in [0.29, 0.717) is 38.4 Å². The molecule has 1 aliphatic heterocycles. The minimum absolute atomic E-state index is 0.341. The first kappa shape index (κ1) is 24.5. The Morgan fingerprint density at radius 2 is 1.57 bits per heavy atom. The van der Waals surface area contributed by atoms with E-state index in [-0.39, 0.29) is 0 Å². The van der Waals surface area contributed by atoms with Gasteiger partial charge in [-0.3, -0.25) is 0 Å². The van der Waals surface area contributed by atoms with Gasteiger partial charge in [0.05, 0.1) is 37.0 Å². The molecule has 4 rings (SSSR count). The van der Waals surface area contributed by atoms with Crippen molar-refractivity contribution in [1.82, 2.24) is 10.3 Å². The van der Waals surface area contributed by atoms with E-state index in [2.05, 4.69) is 10.6 Å². The minimum Gasteiger partial charge on any atom is -0.466 e. The number of dihydropyridines is 1. The zero-order valence-electron chi connectivity index (χ0n) is 19.6. The summed E-state index contributed by atoms with van der Waals surface area (Å²) in [6.45, 7) is 3.57. The van der Waals surface area contributed by atoms with Gasteiger partial charge in [-0.1, -0.05) is 41.9 Å². The third kappa shape index (κ3) is 4.94. The van der Waals surface area contributed by atoms with Crippen LogP contribution in [-0.4, -0.2) is 31.1 Å². The highest BCUT2D eigenvalue weighted by molar-refractivity contribution is 7.14. The van der Waals surface area contributed by atoms with E-state index in [4.69, 9.17) is 26.1 Å². The van der Waals surface area contributed by atoms with E-state index < -0.39 is 17.9 Å². The Kier molecular flexibility index (Phi) is 7.23. The zero-order valence-corrected chi connectivity index (χ0v) is 21.2. The Bertz CT molecular complexity index is 1310. The average molecular weight is 510 g/mol. The van der Waals surface area contributed by atoms with E-state index in [1.54, 1.807) is 13.8 Å². The number of hydrogen-bond acceptors (Lipinski definition) is 8. The molecule has 2 aromatic carbocycles. The molecule has 0 radical (unpaired) electrons. The number of halogens is 1. The fraction of sp³-hybridized carbons (Fsp3) is 0.192. The van der Waals surface area contributed by atoms with E-state index in [1.165, 1.54) is 25.6 Å². The molecule has 0 bridgehead atoms. The first-order chi connectivity index (χ1) is 16.8. The second-order valence-corrected chi connectivity index (χ2v) is 9.17. The molecule has 35 heavy (non-hydrogen) atoms. The molecular weight excluding hydrogens is 486 g/mol. The lowest BCUT2D eigenvalue weighted by atomic mass is 9.79. The molecule has 0 spiro atoms. The third-order valence-corrected chi connectivity index (χ3v) is 6.74. The van der Waals surface area contributed by atoms with Crippen LogP contribution in [0.1, 0.15) is 25.3 Å². The molecule has 2 heterocycles. The highest BCUT2D eigenvalue weighted by Crippen LogP contribution is 2.42. The monoisotopic (exact) mass is 509 g/mol. The number of aromatic nitrogens is 1. The molecule has 180 valence electrons. The van der Waals surface area contributed by atoms with Crippen LogP contribution in [-0.2, 0) is 19.1 Å². The maximum Gasteiger partial charge on any atom is 0.336 e. The lowest BCUT2D eigenvalue weighted by molar-refractivity contribution is -0.137. The number of hydrogen-bond donors (Lipinski definition) is 2. The molecule has 1 aliphatic rings. The number of anilines is 2. The second-order valence-electron chi connectivity index (χ2n) is 7.88. The Hall–Kier alpha value is -3.62. The maximum absolute atomic E-state index is 12.8. The van der Waals surface area contributed by atoms with Gasteiger partial charge in [-0.2, -0.15) is 0 Å². The van der Waals surface area contributed by atoms with Gasteiger partial charge in [-0.15, -0.1) is 11.3 Å². The van der Waals surface area contributed by atoms with Gasteiger partial charge in [0.15, 0.2) is 5.13 Å². The SMILES string of the molecule is COC(=O)C1=C(C)NC(C)=C(C(=O)OC)C1c1ccccc1Nc1nc(-c2ccc(Cl)cc2)cs1. The number of allylic oxidation sites excluding steroid dienone is 2. The van der Waals surface area contributed by atoms with Gasteiger partial charge in [0.25, 0.3) is 0 Å². The van der Waals surface area contributed by atoms with Gasteiger partial charge < -0.3 is 20.1 Å². The van der Waals surface area contributed by atoms with Crippen LogP contribution in [0.25, 0.3) is 11.3 Å². The van der Waals surface area contributed by atoms with Crippen molar-refractivity contribution in [3.8, 4) is 11.3 Å². The summed E-state index contributed by atoms with van der Waals surface area (Å²) in [5.74, 6) is -1.75. The van der Waals surface area contributed by atoms with Gasteiger partial charge in [0.2, 0.25) is 0 Å². The largest absolute Gasteiger partial charge is 0.466 e. The molecule has 0 aliphatic carbocycles. The minimum atomic E-state index is -0.699. The smallest absolute Gasteiger partial charge is 0.336 e. The Labute approximate surface area is 212 Å². The molecule has 0 amide bonds. The topological polar surface area (TPSA) is 89.5 Å². The van der Waals surface area contributed by atoms with Gasteiger partial charge >= 0.3 is 11.9 Å². The molecule has 1 aromatic heterocycles. The van der Waals surface area contributed by atoms with Crippen LogP contribution in [0.2, 0.25) is 5.02 Å². The number of carbonyl (C=O) groups excluding carboxylic acids is 2. The number of nitrogens with zero attached hydrogens (tertiary/aromatic N) is 1. The summed E-state index contributed by atoms with van der Waals surface area (Å²) in [6.07, 6.45) is 0. The number of nitrogens with one attached hydrogen (secondary N) is 2. The predicted octanol–water partition coefficient (Wildman–Crippen LogP) is 5.79. The third-order valence-electron chi connectivity index (χ3n) is 5.73. The summed E-state index contributed by atoms with van der Waals surface area (Å²) in [6, 6.07) is 15.0. The number of carbonyl (C=O) groups is 2. The predicted molar refractivity (Wildman–Crippen MR) is 138 cm³/mol. The fourth-order valence-corrected chi connectivity index (χ4v) is 4.99. The van der Waals surface area contributed by atoms with Crippen molar-refractivity contribution in [2.45, 2.75) is 19.8 Å². The standard InChI is InChI=1S/C26H24ClN3O4S/c1-14-21(24(31)33-3)23(22(15(2)28-14)25(32)34-4)18-7-5-6-8-19(18)29-26-30-20(13-35-26)16-9-11-17(27)12-10-16/h5-13,23,28H,1-4H3,(H,29,30). The van der Waals surface area contributed by atoms with Gasteiger partial charge in [-0.25, -0.2) is 14.6 Å². The van der Waals surface area contributed by atoms with E-state index in [0.717, 1.165) is 16.8 Å². The number of thiazole rings is 1.